The van der Waals surface area contributed by atoms with Crippen LogP contribution in [0.1, 0.15) is 33.6 Å². The lowest BCUT2D eigenvalue weighted by Gasteiger charge is -2.20. The van der Waals surface area contributed by atoms with Crippen LogP contribution < -0.4 is 4.90 Å². The molecule has 0 bridgehead atoms. The number of amides is 2. The fourth-order valence-electron chi connectivity index (χ4n) is 2.78. The molecule has 1 aromatic heterocycles. The van der Waals surface area contributed by atoms with Crippen molar-refractivity contribution in [1.29, 1.82) is 0 Å². The summed E-state index contributed by atoms with van der Waals surface area (Å²) >= 11 is 0.766. The first-order valence-electron chi connectivity index (χ1n) is 8.59. The van der Waals surface area contributed by atoms with Crippen molar-refractivity contribution in [3.63, 3.8) is 0 Å². The fraction of sp³-hybridized carbons (Fsp3) is 0.733. The van der Waals surface area contributed by atoms with Crippen LogP contribution in [-0.2, 0) is 19.6 Å². The molecule has 0 N–H and O–H groups in total. The summed E-state index contributed by atoms with van der Waals surface area (Å²) in [5.41, 5.74) is 0. The Bertz CT molecular complexity index is 794. The summed E-state index contributed by atoms with van der Waals surface area (Å²) in [6.45, 7) is 6.09. The molecule has 2 atom stereocenters. The summed E-state index contributed by atoms with van der Waals surface area (Å²) in [5, 5.41) is 7.64. The second-order valence-corrected chi connectivity index (χ2v) is 9.93. The lowest BCUT2D eigenvalue weighted by molar-refractivity contribution is -0.145. The molecule has 2 amide bonds. The van der Waals surface area contributed by atoms with Gasteiger partial charge in [0.05, 0.1) is 6.54 Å². The van der Waals surface area contributed by atoms with Crippen molar-refractivity contribution in [2.75, 3.05) is 32.1 Å². The summed E-state index contributed by atoms with van der Waals surface area (Å²) in [7, 11) is -0.995. The van der Waals surface area contributed by atoms with Crippen LogP contribution in [0.2, 0.25) is 0 Å². The van der Waals surface area contributed by atoms with Crippen molar-refractivity contribution in [2.45, 2.75) is 44.2 Å². The van der Waals surface area contributed by atoms with Crippen molar-refractivity contribution in [2.24, 2.45) is 5.92 Å². The molecule has 12 heteroatoms. The number of hydrogen-bond acceptors (Lipinski definition) is 8. The SMILES string of the molecule is CCCC(C)CN1CC(OC(C)=O)N(c2nnc(S(=O)(=O)N(C)C)s2)C1=O. The number of anilines is 1. The smallest absolute Gasteiger partial charge is 0.329 e. The van der Waals surface area contributed by atoms with Crippen LogP contribution in [0.5, 0.6) is 0 Å². The average Bonchev–Trinajstić information content (AvgIpc) is 3.13. The predicted molar refractivity (Wildman–Crippen MR) is 99.9 cm³/mol. The van der Waals surface area contributed by atoms with Crippen LogP contribution in [0, 0.1) is 5.92 Å². The van der Waals surface area contributed by atoms with E-state index in [0.717, 1.165) is 28.5 Å². The third kappa shape index (κ3) is 4.74. The van der Waals surface area contributed by atoms with Gasteiger partial charge in [-0.1, -0.05) is 31.6 Å². The molecule has 0 aliphatic carbocycles. The Kier molecular flexibility index (Phi) is 6.76. The number of rotatable bonds is 8. The van der Waals surface area contributed by atoms with Crippen LogP contribution in [-0.4, -0.2) is 73.2 Å². The largest absolute Gasteiger partial charge is 0.439 e. The quantitative estimate of drug-likeness (QED) is 0.462. The second-order valence-electron chi connectivity index (χ2n) is 6.65. The van der Waals surface area contributed by atoms with Gasteiger partial charge < -0.3 is 9.64 Å². The summed E-state index contributed by atoms with van der Waals surface area (Å²) in [6, 6.07) is -0.380. The lowest BCUT2D eigenvalue weighted by atomic mass is 10.1. The molecule has 1 fully saturated rings. The molecule has 1 aliphatic rings. The van der Waals surface area contributed by atoms with E-state index >= 15 is 0 Å². The monoisotopic (exact) mass is 419 g/mol. The van der Waals surface area contributed by atoms with E-state index in [9.17, 15) is 18.0 Å². The number of ether oxygens (including phenoxy) is 1. The zero-order valence-electron chi connectivity index (χ0n) is 16.1. The summed E-state index contributed by atoms with van der Waals surface area (Å²) in [4.78, 5) is 27.1. The highest BCUT2D eigenvalue weighted by atomic mass is 32.2. The van der Waals surface area contributed by atoms with Crippen LogP contribution >= 0.6 is 11.3 Å². The molecule has 0 radical (unpaired) electrons. The summed E-state index contributed by atoms with van der Waals surface area (Å²) in [6.07, 6.45) is 1.10. The average molecular weight is 420 g/mol. The number of nitrogens with zero attached hydrogens (tertiary/aromatic N) is 5. The highest BCUT2D eigenvalue weighted by molar-refractivity contribution is 7.91. The first-order valence-corrected chi connectivity index (χ1v) is 10.8. The van der Waals surface area contributed by atoms with E-state index in [2.05, 4.69) is 17.1 Å². The van der Waals surface area contributed by atoms with Crippen molar-refractivity contribution in [3.05, 3.63) is 0 Å². The van der Waals surface area contributed by atoms with Crippen LogP contribution in [0.25, 0.3) is 0 Å². The minimum Gasteiger partial charge on any atom is -0.439 e. The first-order chi connectivity index (χ1) is 12.6. The Morgan fingerprint density at radius 1 is 1.41 bits per heavy atom. The van der Waals surface area contributed by atoms with E-state index < -0.39 is 22.2 Å². The molecule has 2 rings (SSSR count). The molecule has 2 heterocycles. The highest BCUT2D eigenvalue weighted by Gasteiger charge is 2.43. The summed E-state index contributed by atoms with van der Waals surface area (Å²) < 4.78 is 30.5. The van der Waals surface area contributed by atoms with Gasteiger partial charge in [0.25, 0.3) is 10.0 Å². The molecule has 10 nitrogen and oxygen atoms in total. The van der Waals surface area contributed by atoms with Gasteiger partial charge in [-0.05, 0) is 12.3 Å². The number of sulfonamides is 1. The van der Waals surface area contributed by atoms with E-state index in [1.807, 2.05) is 6.92 Å². The van der Waals surface area contributed by atoms with Gasteiger partial charge in [0, 0.05) is 27.6 Å². The van der Waals surface area contributed by atoms with Crippen molar-refractivity contribution in [3.8, 4) is 0 Å². The van der Waals surface area contributed by atoms with Gasteiger partial charge >= 0.3 is 12.0 Å². The van der Waals surface area contributed by atoms with E-state index in [1.54, 1.807) is 4.90 Å². The fourth-order valence-corrected chi connectivity index (χ4v) is 4.95. The molecule has 0 saturated carbocycles. The van der Waals surface area contributed by atoms with Crippen molar-refractivity contribution in [1.82, 2.24) is 19.4 Å². The van der Waals surface area contributed by atoms with E-state index in [4.69, 9.17) is 4.74 Å². The van der Waals surface area contributed by atoms with Crippen LogP contribution in [0.15, 0.2) is 4.34 Å². The van der Waals surface area contributed by atoms with Gasteiger partial charge in [0.2, 0.25) is 15.7 Å². The summed E-state index contributed by atoms with van der Waals surface area (Å²) in [5.74, 6) is -0.247. The molecule has 27 heavy (non-hydrogen) atoms. The molecular weight excluding hydrogens is 394 g/mol. The standard InChI is InChI=1S/C15H25N5O5S2/c1-6-7-10(2)8-19-9-12(25-11(3)21)20(15(19)22)13-16-17-14(26-13)27(23,24)18(4)5/h10,12H,6-9H2,1-5H3. The maximum atomic E-state index is 12.9. The Morgan fingerprint density at radius 3 is 2.63 bits per heavy atom. The van der Waals surface area contributed by atoms with Crippen molar-refractivity contribution < 1.29 is 22.7 Å². The minimum atomic E-state index is -3.76. The molecule has 152 valence electrons. The molecule has 1 aromatic rings. The van der Waals surface area contributed by atoms with E-state index in [1.165, 1.54) is 25.9 Å². The molecule has 0 spiro atoms. The number of esters is 1. The normalized spacial score (nSPS) is 19.0. The topological polar surface area (TPSA) is 113 Å². The maximum Gasteiger partial charge on any atom is 0.329 e. The minimum absolute atomic E-state index is 0.0809. The molecule has 1 saturated heterocycles. The molecule has 2 unspecified atom stereocenters. The molecule has 0 aromatic carbocycles. The highest BCUT2D eigenvalue weighted by Crippen LogP contribution is 2.31. The zero-order valence-corrected chi connectivity index (χ0v) is 17.7. The lowest BCUT2D eigenvalue weighted by Crippen LogP contribution is -2.37. The molecule has 1 aliphatic heterocycles. The van der Waals surface area contributed by atoms with Gasteiger partial charge in [-0.15, -0.1) is 10.2 Å². The van der Waals surface area contributed by atoms with Gasteiger partial charge in [-0.25, -0.2) is 22.4 Å². The van der Waals surface area contributed by atoms with Crippen molar-refractivity contribution >= 4 is 38.5 Å². The Morgan fingerprint density at radius 2 is 2.07 bits per heavy atom. The van der Waals surface area contributed by atoms with Gasteiger partial charge in [-0.2, -0.15) is 0 Å². The van der Waals surface area contributed by atoms with Crippen LogP contribution in [0.3, 0.4) is 0 Å². The van der Waals surface area contributed by atoms with Crippen LogP contribution in [0.4, 0.5) is 9.93 Å². The van der Waals surface area contributed by atoms with Gasteiger partial charge in [0.1, 0.15) is 0 Å². The first kappa shape index (κ1) is 21.5. The number of aromatic nitrogens is 2. The Hall–Kier alpha value is -1.79. The molecular formula is C15H25N5O5S2. The number of carbonyl (C=O) groups excluding carboxylic acids is 2. The number of hydrogen-bond donors (Lipinski definition) is 0. The van der Waals surface area contributed by atoms with E-state index in [-0.39, 0.29) is 28.0 Å². The second kappa shape index (κ2) is 8.48. The third-order valence-electron chi connectivity index (χ3n) is 4.06. The maximum absolute atomic E-state index is 12.9. The van der Waals surface area contributed by atoms with Gasteiger partial charge in [0.15, 0.2) is 0 Å². The van der Waals surface area contributed by atoms with Gasteiger partial charge in [-0.3, -0.25) is 4.79 Å². The number of urea groups is 1. The Labute approximate surface area is 163 Å². The predicted octanol–water partition coefficient (Wildman–Crippen LogP) is 1.36. The number of carbonyl (C=O) groups is 2. The Balaban J connectivity index is 2.30. The van der Waals surface area contributed by atoms with E-state index in [0.29, 0.717) is 6.54 Å². The zero-order chi connectivity index (χ0) is 20.4. The third-order valence-corrected chi connectivity index (χ3v) is 7.14.